The fourth-order valence-electron chi connectivity index (χ4n) is 1.66. The van der Waals surface area contributed by atoms with E-state index in [0.717, 1.165) is 0 Å². The number of esters is 1. The summed E-state index contributed by atoms with van der Waals surface area (Å²) in [5.41, 5.74) is 4.49. The van der Waals surface area contributed by atoms with E-state index in [0.29, 0.717) is 10.2 Å². The quantitative estimate of drug-likeness (QED) is 0.718. The van der Waals surface area contributed by atoms with Crippen LogP contribution in [0.25, 0.3) is 10.2 Å². The van der Waals surface area contributed by atoms with Crippen LogP contribution in [0.15, 0.2) is 22.6 Å². The molecule has 3 N–H and O–H groups in total. The van der Waals surface area contributed by atoms with E-state index in [1.807, 2.05) is 0 Å². The third-order valence-electron chi connectivity index (χ3n) is 2.63. The Labute approximate surface area is 127 Å². The SMILES string of the molecule is NC(=O)NC(=O)COC(=O)CCn1cnc2sccc2c1=O. The van der Waals surface area contributed by atoms with Crippen LogP contribution < -0.4 is 16.6 Å². The molecule has 0 radical (unpaired) electrons. The van der Waals surface area contributed by atoms with Crippen LogP contribution in [0.4, 0.5) is 4.79 Å². The number of nitrogens with one attached hydrogen (secondary N) is 1. The molecule has 2 aromatic rings. The van der Waals surface area contributed by atoms with Crippen LogP contribution in [0.3, 0.4) is 0 Å². The molecule has 3 amide bonds. The second-order valence-corrected chi connectivity index (χ2v) is 5.10. The average molecular weight is 324 g/mol. The summed E-state index contributed by atoms with van der Waals surface area (Å²) in [5, 5.41) is 4.00. The number of aryl methyl sites for hydroxylation is 1. The Morgan fingerprint density at radius 3 is 2.91 bits per heavy atom. The largest absolute Gasteiger partial charge is 0.456 e. The van der Waals surface area contributed by atoms with Gasteiger partial charge in [0, 0.05) is 6.54 Å². The standard InChI is InChI=1S/C12H12N4O5S/c13-12(20)15-8(17)5-21-9(18)1-3-16-6-14-10-7(11(16)19)2-4-22-10/h2,4,6H,1,3,5H2,(H3,13,15,17,20). The summed E-state index contributed by atoms with van der Waals surface area (Å²) < 4.78 is 5.94. The minimum Gasteiger partial charge on any atom is -0.456 e. The number of nitrogens with zero attached hydrogens (tertiary/aromatic N) is 2. The molecular formula is C12H12N4O5S. The number of carbonyl (C=O) groups is 3. The van der Waals surface area contributed by atoms with Gasteiger partial charge < -0.3 is 10.5 Å². The number of aromatic nitrogens is 2. The van der Waals surface area contributed by atoms with Crippen LogP contribution >= 0.6 is 11.3 Å². The van der Waals surface area contributed by atoms with Gasteiger partial charge in [-0.05, 0) is 11.4 Å². The van der Waals surface area contributed by atoms with Crippen molar-refractivity contribution in [3.63, 3.8) is 0 Å². The highest BCUT2D eigenvalue weighted by molar-refractivity contribution is 7.16. The lowest BCUT2D eigenvalue weighted by molar-refractivity contribution is -0.148. The van der Waals surface area contributed by atoms with E-state index in [4.69, 9.17) is 5.73 Å². The van der Waals surface area contributed by atoms with E-state index in [2.05, 4.69) is 9.72 Å². The maximum atomic E-state index is 12.1. The predicted molar refractivity (Wildman–Crippen MR) is 77.2 cm³/mol. The van der Waals surface area contributed by atoms with E-state index in [9.17, 15) is 19.2 Å². The predicted octanol–water partition coefficient (Wildman–Crippen LogP) is -0.414. The van der Waals surface area contributed by atoms with Crippen LogP contribution in [0.5, 0.6) is 0 Å². The van der Waals surface area contributed by atoms with E-state index < -0.39 is 24.5 Å². The number of amides is 3. The Kier molecular flexibility index (Phi) is 4.84. The Morgan fingerprint density at radius 2 is 2.18 bits per heavy atom. The molecule has 10 heteroatoms. The number of carbonyl (C=O) groups excluding carboxylic acids is 3. The van der Waals surface area contributed by atoms with Crippen molar-refractivity contribution < 1.29 is 19.1 Å². The summed E-state index contributed by atoms with van der Waals surface area (Å²) >= 11 is 1.35. The molecule has 2 heterocycles. The number of rotatable bonds is 5. The number of ether oxygens (including phenoxy) is 1. The number of nitrogens with two attached hydrogens (primary N) is 1. The molecule has 0 aromatic carbocycles. The first-order valence-electron chi connectivity index (χ1n) is 6.15. The molecule has 0 unspecified atom stereocenters. The zero-order valence-corrected chi connectivity index (χ0v) is 12.1. The molecule has 9 nitrogen and oxygen atoms in total. The van der Waals surface area contributed by atoms with Crippen molar-refractivity contribution in [2.75, 3.05) is 6.61 Å². The Morgan fingerprint density at radius 1 is 1.41 bits per heavy atom. The molecule has 0 fully saturated rings. The van der Waals surface area contributed by atoms with Gasteiger partial charge in [-0.1, -0.05) is 0 Å². The van der Waals surface area contributed by atoms with Crippen molar-refractivity contribution >= 4 is 39.5 Å². The number of hydrogen-bond donors (Lipinski definition) is 2. The van der Waals surface area contributed by atoms with Gasteiger partial charge in [-0.3, -0.25) is 24.3 Å². The van der Waals surface area contributed by atoms with Gasteiger partial charge in [-0.2, -0.15) is 0 Å². The molecular weight excluding hydrogens is 312 g/mol. The van der Waals surface area contributed by atoms with Crippen LogP contribution in [0.2, 0.25) is 0 Å². The number of primary amides is 1. The first-order chi connectivity index (χ1) is 10.5. The molecule has 0 bridgehead atoms. The lowest BCUT2D eigenvalue weighted by Gasteiger charge is -2.06. The topological polar surface area (TPSA) is 133 Å². The number of urea groups is 1. The lowest BCUT2D eigenvalue weighted by Crippen LogP contribution is -2.37. The molecule has 0 aliphatic carbocycles. The van der Waals surface area contributed by atoms with Gasteiger partial charge in [-0.25, -0.2) is 9.78 Å². The summed E-state index contributed by atoms with van der Waals surface area (Å²) in [7, 11) is 0. The molecule has 0 spiro atoms. The van der Waals surface area contributed by atoms with Gasteiger partial charge in [0.1, 0.15) is 4.83 Å². The Hall–Kier alpha value is -2.75. The zero-order chi connectivity index (χ0) is 16.1. The van der Waals surface area contributed by atoms with E-state index >= 15 is 0 Å². The Balaban J connectivity index is 1.87. The fraction of sp³-hybridized carbons (Fsp3) is 0.250. The molecule has 0 aliphatic rings. The monoisotopic (exact) mass is 324 g/mol. The smallest absolute Gasteiger partial charge is 0.318 e. The van der Waals surface area contributed by atoms with Crippen molar-refractivity contribution in [1.29, 1.82) is 0 Å². The third-order valence-corrected chi connectivity index (χ3v) is 3.45. The lowest BCUT2D eigenvalue weighted by atomic mass is 10.4. The van der Waals surface area contributed by atoms with Crippen molar-refractivity contribution in [1.82, 2.24) is 14.9 Å². The van der Waals surface area contributed by atoms with Gasteiger partial charge in [0.05, 0.1) is 18.1 Å². The van der Waals surface area contributed by atoms with E-state index in [1.54, 1.807) is 16.8 Å². The molecule has 116 valence electrons. The summed E-state index contributed by atoms with van der Waals surface area (Å²) in [6, 6.07) is 0.640. The molecule has 0 atom stereocenters. The van der Waals surface area contributed by atoms with Crippen molar-refractivity contribution in [3.8, 4) is 0 Å². The minimum absolute atomic E-state index is 0.0773. The fourth-order valence-corrected chi connectivity index (χ4v) is 2.38. The second-order valence-electron chi connectivity index (χ2n) is 4.21. The molecule has 22 heavy (non-hydrogen) atoms. The summed E-state index contributed by atoms with van der Waals surface area (Å²) in [5.74, 6) is -1.50. The van der Waals surface area contributed by atoms with Gasteiger partial charge in [0.25, 0.3) is 11.5 Å². The van der Waals surface area contributed by atoms with Crippen LogP contribution in [0, 0.1) is 0 Å². The normalized spacial score (nSPS) is 10.4. The maximum absolute atomic E-state index is 12.1. The second kappa shape index (κ2) is 6.80. The van der Waals surface area contributed by atoms with Crippen LogP contribution in [-0.2, 0) is 20.9 Å². The highest BCUT2D eigenvalue weighted by atomic mass is 32.1. The van der Waals surface area contributed by atoms with Gasteiger partial charge in [0.15, 0.2) is 6.61 Å². The Bertz CT molecular complexity index is 781. The highest BCUT2D eigenvalue weighted by Crippen LogP contribution is 2.13. The average Bonchev–Trinajstić information content (AvgIpc) is 2.93. The molecule has 2 aromatic heterocycles. The van der Waals surface area contributed by atoms with E-state index in [1.165, 1.54) is 22.2 Å². The molecule has 0 saturated carbocycles. The number of imide groups is 1. The van der Waals surface area contributed by atoms with Crippen LogP contribution in [0.1, 0.15) is 6.42 Å². The van der Waals surface area contributed by atoms with E-state index in [-0.39, 0.29) is 18.5 Å². The first kappa shape index (κ1) is 15.6. The maximum Gasteiger partial charge on any atom is 0.318 e. The van der Waals surface area contributed by atoms with Gasteiger partial charge in [0.2, 0.25) is 0 Å². The molecule has 0 aliphatic heterocycles. The molecule has 2 rings (SSSR count). The van der Waals surface area contributed by atoms with Crippen LogP contribution in [-0.4, -0.2) is 34.1 Å². The van der Waals surface area contributed by atoms with Gasteiger partial charge >= 0.3 is 12.0 Å². The summed E-state index contributed by atoms with van der Waals surface area (Å²) in [6.45, 7) is -0.535. The third kappa shape index (κ3) is 3.88. The number of fused-ring (bicyclic) bond motifs is 1. The minimum atomic E-state index is -1.03. The van der Waals surface area contributed by atoms with Gasteiger partial charge in [-0.15, -0.1) is 11.3 Å². The number of hydrogen-bond acceptors (Lipinski definition) is 7. The highest BCUT2D eigenvalue weighted by Gasteiger charge is 2.10. The van der Waals surface area contributed by atoms with Crippen molar-refractivity contribution in [2.45, 2.75) is 13.0 Å². The zero-order valence-electron chi connectivity index (χ0n) is 11.3. The summed E-state index contributed by atoms with van der Waals surface area (Å²) in [6.07, 6.45) is 1.25. The first-order valence-corrected chi connectivity index (χ1v) is 7.03. The molecule has 0 saturated heterocycles. The summed E-state index contributed by atoms with van der Waals surface area (Å²) in [4.78, 5) is 49.7. The van der Waals surface area contributed by atoms with Crippen molar-refractivity contribution in [2.24, 2.45) is 5.73 Å². The van der Waals surface area contributed by atoms with Crippen molar-refractivity contribution in [3.05, 3.63) is 28.1 Å². The number of thiophene rings is 1.